The van der Waals surface area contributed by atoms with Crippen LogP contribution in [0.25, 0.3) is 0 Å². The van der Waals surface area contributed by atoms with Crippen LogP contribution in [0.1, 0.15) is 6.92 Å². The Kier molecular flexibility index (Phi) is 7.11. The molecular weight excluding hydrogens is 233 g/mol. The van der Waals surface area contributed by atoms with Gasteiger partial charge in [0.2, 0.25) is 0 Å². The molecule has 4 nitrogen and oxygen atoms in total. The van der Waals surface area contributed by atoms with Gasteiger partial charge in [-0.1, -0.05) is 6.92 Å². The van der Waals surface area contributed by atoms with E-state index < -0.39 is 0 Å². The summed E-state index contributed by atoms with van der Waals surface area (Å²) in [5, 5.41) is 3.12. The maximum Gasteiger partial charge on any atom is 0.130 e. The molecule has 9 heavy (non-hydrogen) atoms. The Balaban J connectivity index is 2.95. The normalized spacial score (nSPS) is 10.7. The molecule has 0 aromatic rings. The summed E-state index contributed by atoms with van der Waals surface area (Å²) in [5.41, 5.74) is 0. The van der Waals surface area contributed by atoms with Gasteiger partial charge in [-0.25, -0.2) is 9.01 Å². The maximum atomic E-state index is 4.83. The van der Waals surface area contributed by atoms with Gasteiger partial charge in [-0.3, -0.25) is 4.84 Å². The van der Waals surface area contributed by atoms with Crippen molar-refractivity contribution in [3.05, 3.63) is 0 Å². The summed E-state index contributed by atoms with van der Waals surface area (Å²) < 4.78 is 1.90. The molecule has 0 fully saturated rings. The summed E-state index contributed by atoms with van der Waals surface area (Å²) in [6, 6.07) is 0. The van der Waals surface area contributed by atoms with E-state index in [-0.39, 0.29) is 0 Å². The number of halogens is 1. The zero-order valence-corrected chi connectivity index (χ0v) is 7.59. The van der Waals surface area contributed by atoms with Crippen molar-refractivity contribution < 1.29 is 4.84 Å². The molecule has 0 aromatic heterocycles. The number of hydrogen-bond donors (Lipinski definition) is 2. The molecule has 56 valence electrons. The summed E-state index contributed by atoms with van der Waals surface area (Å²) in [7, 11) is 0. The molecule has 3 N–H and O–H groups in total. The van der Waals surface area contributed by atoms with Crippen molar-refractivity contribution in [1.82, 2.24) is 8.43 Å². The van der Waals surface area contributed by atoms with Gasteiger partial charge in [-0.05, 0) is 6.54 Å². The Morgan fingerprint density at radius 1 is 1.78 bits per heavy atom. The van der Waals surface area contributed by atoms with Crippen LogP contribution in [0.4, 0.5) is 0 Å². The third-order valence-electron chi connectivity index (χ3n) is 0.748. The van der Waals surface area contributed by atoms with E-state index in [2.05, 4.69) is 33.0 Å². The number of nitrogens with zero attached hydrogens (tertiary/aromatic N) is 1. The Morgan fingerprint density at radius 3 is 2.89 bits per heavy atom. The Bertz CT molecular complexity index is 63.8. The highest BCUT2D eigenvalue weighted by Crippen LogP contribution is 1.92. The van der Waals surface area contributed by atoms with Crippen molar-refractivity contribution in [2.24, 2.45) is 5.90 Å². The van der Waals surface area contributed by atoms with Crippen molar-refractivity contribution >= 4 is 22.9 Å². The molecule has 0 aliphatic heterocycles. The Labute approximate surface area is 69.2 Å². The quantitative estimate of drug-likeness (QED) is 0.311. The fourth-order valence-corrected chi connectivity index (χ4v) is 0.762. The van der Waals surface area contributed by atoms with E-state index in [0.29, 0.717) is 6.73 Å². The van der Waals surface area contributed by atoms with E-state index >= 15 is 0 Å². The average molecular weight is 245 g/mol. The first-order valence-corrected chi connectivity index (χ1v) is 3.70. The SMILES string of the molecule is CCNCN(I)CON. The fourth-order valence-electron chi connectivity index (χ4n) is 0.360. The van der Waals surface area contributed by atoms with Gasteiger partial charge < -0.3 is 5.32 Å². The van der Waals surface area contributed by atoms with Crippen LogP contribution in [0.15, 0.2) is 0 Å². The lowest BCUT2D eigenvalue weighted by atomic mass is 10.7. The van der Waals surface area contributed by atoms with Crippen LogP contribution in [0, 0.1) is 0 Å². The third-order valence-corrected chi connectivity index (χ3v) is 1.37. The number of nitrogens with two attached hydrogens (primary N) is 1. The maximum absolute atomic E-state index is 4.83. The van der Waals surface area contributed by atoms with Crippen molar-refractivity contribution in [1.29, 1.82) is 0 Å². The highest BCUT2D eigenvalue weighted by Gasteiger charge is 1.94. The van der Waals surface area contributed by atoms with Gasteiger partial charge in [-0.2, -0.15) is 0 Å². The molecule has 0 bridgehead atoms. The van der Waals surface area contributed by atoms with Gasteiger partial charge in [0.25, 0.3) is 0 Å². The number of rotatable bonds is 5. The zero-order valence-electron chi connectivity index (χ0n) is 5.43. The highest BCUT2D eigenvalue weighted by atomic mass is 127. The van der Waals surface area contributed by atoms with Crippen molar-refractivity contribution in [3.63, 3.8) is 0 Å². The second kappa shape index (κ2) is 6.69. The minimum absolute atomic E-state index is 0.452. The third kappa shape index (κ3) is 6.46. The average Bonchev–Trinajstić information content (AvgIpc) is 1.85. The highest BCUT2D eigenvalue weighted by molar-refractivity contribution is 14.1. The van der Waals surface area contributed by atoms with Crippen LogP contribution in [-0.2, 0) is 4.84 Å². The van der Waals surface area contributed by atoms with E-state index in [1.165, 1.54) is 0 Å². The molecule has 0 saturated carbocycles. The van der Waals surface area contributed by atoms with Crippen LogP contribution < -0.4 is 11.2 Å². The Hall–Kier alpha value is 0.570. The summed E-state index contributed by atoms with van der Waals surface area (Å²) in [6.45, 7) is 4.26. The lowest BCUT2D eigenvalue weighted by Gasteiger charge is -2.11. The molecule has 0 saturated heterocycles. The first-order valence-electron chi connectivity index (χ1n) is 2.74. The van der Waals surface area contributed by atoms with Crippen LogP contribution in [-0.4, -0.2) is 23.1 Å². The van der Waals surface area contributed by atoms with Crippen molar-refractivity contribution in [2.75, 3.05) is 19.9 Å². The molecule has 0 unspecified atom stereocenters. The summed E-state index contributed by atoms with van der Waals surface area (Å²) in [4.78, 5) is 4.38. The van der Waals surface area contributed by atoms with E-state index in [1.807, 2.05) is 10.0 Å². The fraction of sp³-hybridized carbons (Fsp3) is 1.00. The molecule has 0 heterocycles. The summed E-state index contributed by atoms with van der Waals surface area (Å²) in [6.07, 6.45) is 0. The largest absolute Gasteiger partial charge is 0.304 e. The van der Waals surface area contributed by atoms with Gasteiger partial charge in [0.05, 0.1) is 6.67 Å². The van der Waals surface area contributed by atoms with Crippen molar-refractivity contribution in [3.8, 4) is 0 Å². The van der Waals surface area contributed by atoms with Gasteiger partial charge in [0.15, 0.2) is 0 Å². The first-order chi connectivity index (χ1) is 4.31. The molecule has 0 atom stereocenters. The molecule has 0 aliphatic rings. The molecule has 5 heteroatoms. The minimum atomic E-state index is 0.452. The lowest BCUT2D eigenvalue weighted by Crippen LogP contribution is -2.29. The topological polar surface area (TPSA) is 50.5 Å². The summed E-state index contributed by atoms with van der Waals surface area (Å²) in [5.74, 6) is 4.83. The zero-order chi connectivity index (χ0) is 7.11. The lowest BCUT2D eigenvalue weighted by molar-refractivity contribution is 0.0828. The predicted octanol–water partition coefficient (Wildman–Crippen LogP) is 0.0532. The van der Waals surface area contributed by atoms with Gasteiger partial charge >= 0.3 is 0 Å². The predicted molar refractivity (Wildman–Crippen MR) is 44.5 cm³/mol. The molecule has 0 aromatic carbocycles. The monoisotopic (exact) mass is 245 g/mol. The molecule has 0 spiro atoms. The van der Waals surface area contributed by atoms with Gasteiger partial charge in [-0.15, -0.1) is 0 Å². The molecule has 0 rings (SSSR count). The summed E-state index contributed by atoms with van der Waals surface area (Å²) >= 11 is 2.13. The minimum Gasteiger partial charge on any atom is -0.304 e. The van der Waals surface area contributed by atoms with E-state index in [1.54, 1.807) is 0 Å². The first kappa shape index (κ1) is 9.57. The van der Waals surface area contributed by atoms with Crippen LogP contribution in [0.3, 0.4) is 0 Å². The van der Waals surface area contributed by atoms with Crippen LogP contribution in [0.5, 0.6) is 0 Å². The van der Waals surface area contributed by atoms with Gasteiger partial charge in [0.1, 0.15) is 6.73 Å². The molecular formula is C4H12IN3O. The Morgan fingerprint density at radius 2 is 2.44 bits per heavy atom. The second-order valence-corrected chi connectivity index (χ2v) is 2.88. The smallest absolute Gasteiger partial charge is 0.130 e. The van der Waals surface area contributed by atoms with E-state index in [0.717, 1.165) is 13.2 Å². The standard InChI is InChI=1S/C4H12IN3O/c1-2-7-3-8(5)4-9-6/h7H,2-4,6H2,1H3. The number of nitrogens with one attached hydrogen (secondary N) is 1. The molecule has 0 aliphatic carbocycles. The molecule has 0 radical (unpaired) electrons. The second-order valence-electron chi connectivity index (χ2n) is 1.52. The van der Waals surface area contributed by atoms with Crippen molar-refractivity contribution in [2.45, 2.75) is 6.92 Å². The van der Waals surface area contributed by atoms with E-state index in [4.69, 9.17) is 5.90 Å². The van der Waals surface area contributed by atoms with Crippen LogP contribution in [0.2, 0.25) is 0 Å². The van der Waals surface area contributed by atoms with Gasteiger partial charge in [0, 0.05) is 22.9 Å². The van der Waals surface area contributed by atoms with E-state index in [9.17, 15) is 0 Å². The molecule has 0 amide bonds. The van der Waals surface area contributed by atoms with Crippen LogP contribution >= 0.6 is 22.9 Å². The number of hydrogen-bond acceptors (Lipinski definition) is 4.